The third-order valence-electron chi connectivity index (χ3n) is 2.82. The standard InChI is InChI=1S/C16H13Cl3N2O2S/c17-13(15(18)19)14(21(22)23)16(20-11-7-3-1-4-8-11)24-12-9-5-2-6-10-12/h1-10,20-22H/b16-14+. The summed E-state index contributed by atoms with van der Waals surface area (Å²) in [6.45, 7) is 0. The molecule has 0 saturated heterocycles. The maximum absolute atomic E-state index is 11.7. The fourth-order valence-corrected chi connectivity index (χ4v) is 3.19. The van der Waals surface area contributed by atoms with E-state index in [4.69, 9.17) is 34.8 Å². The maximum Gasteiger partial charge on any atom is 0.215 e. The van der Waals surface area contributed by atoms with Crippen molar-refractivity contribution in [3.63, 3.8) is 0 Å². The molecule has 2 rings (SSSR count). The number of hydrogen-bond donors (Lipinski definition) is 3. The van der Waals surface area contributed by atoms with E-state index in [1.807, 2.05) is 60.7 Å². The zero-order chi connectivity index (χ0) is 17.5. The van der Waals surface area contributed by atoms with Gasteiger partial charge in [0.1, 0.15) is 14.6 Å². The minimum absolute atomic E-state index is 0.200. The fraction of sp³-hybridized carbons (Fsp3) is 0. The Bertz CT molecular complexity index is 690. The van der Waals surface area contributed by atoms with E-state index in [2.05, 4.69) is 5.32 Å². The zero-order valence-corrected chi connectivity index (χ0v) is 15.3. The van der Waals surface area contributed by atoms with E-state index in [1.165, 1.54) is 11.8 Å². The van der Waals surface area contributed by atoms with Crippen LogP contribution < -0.4 is 10.5 Å². The van der Waals surface area contributed by atoms with Gasteiger partial charge in [0, 0.05) is 10.6 Å². The summed E-state index contributed by atoms with van der Waals surface area (Å²) in [6, 6.07) is 18.4. The van der Waals surface area contributed by atoms with Gasteiger partial charge in [0.05, 0.1) is 0 Å². The minimum atomic E-state index is -1.24. The number of benzene rings is 2. The molecule has 0 amide bonds. The number of allylic oxidation sites excluding steroid dienone is 1. The van der Waals surface area contributed by atoms with Crippen molar-refractivity contribution in [2.45, 2.75) is 4.90 Å². The van der Waals surface area contributed by atoms with E-state index in [9.17, 15) is 10.4 Å². The van der Waals surface area contributed by atoms with Gasteiger partial charge in [-0.1, -0.05) is 83.0 Å². The van der Waals surface area contributed by atoms with Gasteiger partial charge in [0.25, 0.3) is 0 Å². The Labute approximate surface area is 158 Å². The van der Waals surface area contributed by atoms with Crippen LogP contribution in [-0.4, -0.2) is 5.21 Å². The van der Waals surface area contributed by atoms with Crippen molar-refractivity contribution < 1.29 is 10.4 Å². The van der Waals surface area contributed by atoms with Gasteiger partial charge in [0.2, 0.25) is 5.70 Å². The number of anilines is 1. The van der Waals surface area contributed by atoms with Crippen molar-refractivity contribution in [1.29, 1.82) is 0 Å². The lowest BCUT2D eigenvalue weighted by Crippen LogP contribution is -3.03. The predicted octanol–water partition coefficient (Wildman–Crippen LogP) is 4.72. The zero-order valence-electron chi connectivity index (χ0n) is 12.2. The van der Waals surface area contributed by atoms with E-state index >= 15 is 0 Å². The number of nitrogens with one attached hydrogen (secondary N) is 2. The number of hydrogen-bond acceptors (Lipinski definition) is 4. The Morgan fingerprint density at radius 1 is 0.958 bits per heavy atom. The van der Waals surface area contributed by atoms with Crippen LogP contribution in [0.2, 0.25) is 0 Å². The topological polar surface area (TPSA) is 59.8 Å². The molecule has 0 heterocycles. The lowest BCUT2D eigenvalue weighted by molar-refractivity contribution is -1.01. The lowest BCUT2D eigenvalue weighted by Gasteiger charge is -2.20. The molecular formula is C16H13Cl3N2O2S. The van der Waals surface area contributed by atoms with Crippen molar-refractivity contribution >= 4 is 52.3 Å². The first-order valence-electron chi connectivity index (χ1n) is 6.72. The van der Waals surface area contributed by atoms with Crippen LogP contribution in [0.3, 0.4) is 0 Å². The molecule has 0 aromatic heterocycles. The Hall–Kier alpha value is -1.18. The Morgan fingerprint density at radius 3 is 2.00 bits per heavy atom. The highest BCUT2D eigenvalue weighted by Crippen LogP contribution is 2.33. The second-order valence-corrected chi connectivity index (χ2v) is 6.90. The highest BCUT2D eigenvalue weighted by atomic mass is 35.5. The first kappa shape index (κ1) is 19.1. The van der Waals surface area contributed by atoms with E-state index in [0.29, 0.717) is 10.7 Å². The third kappa shape index (κ3) is 5.43. The molecule has 2 aromatic carbocycles. The molecule has 0 aliphatic heterocycles. The van der Waals surface area contributed by atoms with Crippen LogP contribution in [0.5, 0.6) is 0 Å². The summed E-state index contributed by atoms with van der Waals surface area (Å²) in [5.41, 5.74) is 0.513. The van der Waals surface area contributed by atoms with Gasteiger partial charge in [-0.15, -0.1) is 0 Å². The SMILES string of the molecule is [O-][NH+](O)/C(C(Cl)=C(Cl)Cl)=C(\Nc1ccccc1)Sc1ccccc1. The van der Waals surface area contributed by atoms with Crippen LogP contribution >= 0.6 is 46.6 Å². The summed E-state index contributed by atoms with van der Waals surface area (Å²) in [7, 11) is 0. The molecule has 1 unspecified atom stereocenters. The van der Waals surface area contributed by atoms with E-state index in [-0.39, 0.29) is 15.2 Å². The summed E-state index contributed by atoms with van der Waals surface area (Å²) in [6.07, 6.45) is 0. The normalized spacial score (nSPS) is 13.0. The Balaban J connectivity index is 2.50. The number of para-hydroxylation sites is 1. The summed E-state index contributed by atoms with van der Waals surface area (Å²) in [5, 5.41) is 23.2. The van der Waals surface area contributed by atoms with Crippen LogP contribution in [0.15, 0.2) is 85.8 Å². The van der Waals surface area contributed by atoms with Crippen LogP contribution in [0.4, 0.5) is 5.69 Å². The van der Waals surface area contributed by atoms with E-state index in [1.54, 1.807) is 0 Å². The number of halogens is 3. The molecule has 4 nitrogen and oxygen atoms in total. The molecule has 0 bridgehead atoms. The number of hydroxylamine groups is 2. The van der Waals surface area contributed by atoms with Crippen molar-refractivity contribution in [1.82, 2.24) is 0 Å². The van der Waals surface area contributed by atoms with Crippen LogP contribution in [0, 0.1) is 5.21 Å². The Morgan fingerprint density at radius 2 is 1.50 bits per heavy atom. The lowest BCUT2D eigenvalue weighted by atomic mass is 10.3. The van der Waals surface area contributed by atoms with Crippen molar-refractivity contribution in [3.05, 3.63) is 86.1 Å². The van der Waals surface area contributed by atoms with Crippen LogP contribution in [0.1, 0.15) is 0 Å². The van der Waals surface area contributed by atoms with Crippen molar-refractivity contribution in [2.75, 3.05) is 5.32 Å². The maximum atomic E-state index is 11.7. The average molecular weight is 404 g/mol. The summed E-state index contributed by atoms with van der Waals surface area (Å²) < 4.78 is -0.310. The third-order valence-corrected chi connectivity index (χ3v) is 4.79. The van der Waals surface area contributed by atoms with Gasteiger partial charge < -0.3 is 10.5 Å². The highest BCUT2D eigenvalue weighted by Gasteiger charge is 2.22. The summed E-state index contributed by atoms with van der Waals surface area (Å²) >= 11 is 18.6. The molecule has 0 radical (unpaired) electrons. The van der Waals surface area contributed by atoms with Gasteiger partial charge in [-0.3, -0.25) is 0 Å². The Kier molecular flexibility index (Phi) is 7.45. The molecule has 0 spiro atoms. The van der Waals surface area contributed by atoms with Crippen LogP contribution in [-0.2, 0) is 0 Å². The molecule has 8 heteroatoms. The molecule has 0 aliphatic rings. The molecule has 3 N–H and O–H groups in total. The van der Waals surface area contributed by atoms with Gasteiger partial charge in [-0.2, -0.15) is 5.23 Å². The van der Waals surface area contributed by atoms with Crippen molar-refractivity contribution in [3.8, 4) is 0 Å². The minimum Gasteiger partial charge on any atom is -0.595 e. The summed E-state index contributed by atoms with van der Waals surface area (Å²) in [4.78, 5) is 0.838. The van der Waals surface area contributed by atoms with Crippen LogP contribution in [0.25, 0.3) is 0 Å². The largest absolute Gasteiger partial charge is 0.595 e. The fourth-order valence-electron chi connectivity index (χ4n) is 1.78. The van der Waals surface area contributed by atoms with Crippen molar-refractivity contribution in [2.24, 2.45) is 0 Å². The van der Waals surface area contributed by atoms with E-state index < -0.39 is 5.23 Å². The van der Waals surface area contributed by atoms with Gasteiger partial charge in [0.15, 0.2) is 0 Å². The first-order chi connectivity index (χ1) is 11.5. The number of rotatable bonds is 6. The number of thioether (sulfide) groups is 1. The molecule has 0 saturated carbocycles. The molecule has 126 valence electrons. The average Bonchev–Trinajstić information content (AvgIpc) is 2.56. The van der Waals surface area contributed by atoms with Gasteiger partial charge >= 0.3 is 0 Å². The smallest absolute Gasteiger partial charge is 0.215 e. The van der Waals surface area contributed by atoms with Gasteiger partial charge in [-0.05, 0) is 24.3 Å². The molecular weight excluding hydrogens is 391 g/mol. The quantitative estimate of drug-likeness (QED) is 0.371. The van der Waals surface area contributed by atoms with Gasteiger partial charge in [-0.25, -0.2) is 5.21 Å². The monoisotopic (exact) mass is 402 g/mol. The predicted molar refractivity (Wildman–Crippen MR) is 100 cm³/mol. The number of quaternary nitrogens is 1. The molecule has 0 fully saturated rings. The second-order valence-electron chi connectivity index (χ2n) is 4.49. The van der Waals surface area contributed by atoms with E-state index in [0.717, 1.165) is 4.90 Å². The molecule has 1 atom stereocenters. The molecule has 0 aliphatic carbocycles. The molecule has 2 aromatic rings. The molecule has 24 heavy (non-hydrogen) atoms. The highest BCUT2D eigenvalue weighted by molar-refractivity contribution is 8.03. The summed E-state index contributed by atoms with van der Waals surface area (Å²) in [5.74, 6) is 0. The first-order valence-corrected chi connectivity index (χ1v) is 8.67. The second kappa shape index (κ2) is 9.34.